The maximum atomic E-state index is 13.1. The molecule has 9 nitrogen and oxygen atoms in total. The van der Waals surface area contributed by atoms with Gasteiger partial charge in [-0.2, -0.15) is 0 Å². The van der Waals surface area contributed by atoms with Crippen molar-refractivity contribution in [3.63, 3.8) is 0 Å². The molecule has 0 aliphatic rings. The molecular formula is C25H16N2O7. The van der Waals surface area contributed by atoms with Crippen LogP contribution in [0.4, 0.5) is 11.4 Å². The van der Waals surface area contributed by atoms with Crippen LogP contribution in [0.3, 0.4) is 0 Å². The van der Waals surface area contributed by atoms with Crippen molar-refractivity contribution < 1.29 is 24.9 Å². The Kier molecular flexibility index (Phi) is 5.75. The zero-order valence-electron chi connectivity index (χ0n) is 17.4. The molecule has 168 valence electrons. The molecule has 0 radical (unpaired) electrons. The molecule has 0 bridgehead atoms. The van der Waals surface area contributed by atoms with Crippen molar-refractivity contribution in [2.75, 3.05) is 0 Å². The van der Waals surface area contributed by atoms with Crippen molar-refractivity contribution in [3.05, 3.63) is 116 Å². The van der Waals surface area contributed by atoms with Gasteiger partial charge in [0.1, 0.15) is 11.5 Å². The number of nitro benzene ring substituents is 2. The van der Waals surface area contributed by atoms with Crippen LogP contribution in [0.5, 0.6) is 11.5 Å². The quantitative estimate of drug-likeness (QED) is 0.222. The Labute approximate surface area is 192 Å². The summed E-state index contributed by atoms with van der Waals surface area (Å²) in [5, 5.41) is 42.3. The van der Waals surface area contributed by atoms with Gasteiger partial charge < -0.3 is 10.2 Å². The smallest absolute Gasteiger partial charge is 0.277 e. The summed E-state index contributed by atoms with van der Waals surface area (Å²) in [4.78, 5) is 35.2. The fourth-order valence-electron chi connectivity index (χ4n) is 3.58. The zero-order valence-corrected chi connectivity index (χ0v) is 17.4. The van der Waals surface area contributed by atoms with Gasteiger partial charge in [-0.1, -0.05) is 24.3 Å². The van der Waals surface area contributed by atoms with Crippen LogP contribution in [0.15, 0.2) is 84.9 Å². The van der Waals surface area contributed by atoms with Crippen LogP contribution in [0.25, 0.3) is 22.3 Å². The van der Waals surface area contributed by atoms with Crippen LogP contribution in [-0.2, 0) is 0 Å². The fourth-order valence-corrected chi connectivity index (χ4v) is 3.58. The van der Waals surface area contributed by atoms with Gasteiger partial charge in [0.15, 0.2) is 5.78 Å². The van der Waals surface area contributed by atoms with E-state index in [1.165, 1.54) is 72.8 Å². The molecule has 0 spiro atoms. The van der Waals surface area contributed by atoms with E-state index in [0.717, 1.165) is 12.1 Å². The lowest BCUT2D eigenvalue weighted by molar-refractivity contribution is -0.384. The number of hydrogen-bond acceptors (Lipinski definition) is 7. The first-order chi connectivity index (χ1) is 16.2. The first kappa shape index (κ1) is 22.2. The maximum Gasteiger partial charge on any atom is 0.277 e. The summed E-state index contributed by atoms with van der Waals surface area (Å²) >= 11 is 0. The van der Waals surface area contributed by atoms with Gasteiger partial charge in [0.2, 0.25) is 0 Å². The lowest BCUT2D eigenvalue weighted by atomic mass is 9.95. The molecular weight excluding hydrogens is 440 g/mol. The van der Waals surface area contributed by atoms with Crippen molar-refractivity contribution >= 4 is 17.2 Å². The molecule has 4 rings (SSSR count). The van der Waals surface area contributed by atoms with Crippen molar-refractivity contribution in [3.8, 4) is 33.8 Å². The first-order valence-corrected chi connectivity index (χ1v) is 9.95. The average Bonchev–Trinajstić information content (AvgIpc) is 2.84. The Balaban J connectivity index is 1.75. The van der Waals surface area contributed by atoms with E-state index in [4.69, 9.17) is 0 Å². The molecule has 0 heterocycles. The topological polar surface area (TPSA) is 144 Å². The predicted molar refractivity (Wildman–Crippen MR) is 124 cm³/mol. The molecule has 0 unspecified atom stereocenters. The van der Waals surface area contributed by atoms with Gasteiger partial charge >= 0.3 is 0 Å². The second-order valence-electron chi connectivity index (χ2n) is 7.40. The Hall–Kier alpha value is -5.05. The van der Waals surface area contributed by atoms with Gasteiger partial charge in [-0.25, -0.2) is 0 Å². The number of hydrogen-bond donors (Lipinski definition) is 2. The van der Waals surface area contributed by atoms with Crippen LogP contribution in [0.1, 0.15) is 15.9 Å². The summed E-state index contributed by atoms with van der Waals surface area (Å²) in [5.74, 6) is -0.591. The highest BCUT2D eigenvalue weighted by molar-refractivity contribution is 6.10. The number of carbonyl (C=O) groups is 1. The second-order valence-corrected chi connectivity index (χ2v) is 7.40. The number of aromatic hydroxyl groups is 2. The van der Waals surface area contributed by atoms with Crippen LogP contribution in [-0.4, -0.2) is 25.8 Å². The highest BCUT2D eigenvalue weighted by Gasteiger charge is 2.23. The molecule has 4 aromatic carbocycles. The molecule has 0 atom stereocenters. The summed E-state index contributed by atoms with van der Waals surface area (Å²) in [6.07, 6.45) is 0. The number of nitrogens with zero attached hydrogens (tertiary/aromatic N) is 2. The van der Waals surface area contributed by atoms with E-state index in [-0.39, 0.29) is 45.1 Å². The van der Waals surface area contributed by atoms with Crippen LogP contribution in [0.2, 0.25) is 0 Å². The first-order valence-electron chi connectivity index (χ1n) is 9.95. The van der Waals surface area contributed by atoms with Crippen molar-refractivity contribution in [1.29, 1.82) is 0 Å². The van der Waals surface area contributed by atoms with E-state index in [2.05, 4.69) is 0 Å². The highest BCUT2D eigenvalue weighted by Crippen LogP contribution is 2.34. The number of phenols is 2. The minimum absolute atomic E-state index is 0.000842. The molecule has 4 aromatic rings. The van der Waals surface area contributed by atoms with E-state index in [1.54, 1.807) is 0 Å². The molecule has 0 aliphatic carbocycles. The minimum Gasteiger partial charge on any atom is -0.508 e. The number of carbonyl (C=O) groups excluding carboxylic acids is 1. The normalized spacial score (nSPS) is 10.6. The van der Waals surface area contributed by atoms with Crippen LogP contribution in [0, 0.1) is 20.2 Å². The number of ketones is 1. The molecule has 34 heavy (non-hydrogen) atoms. The molecule has 0 aromatic heterocycles. The zero-order chi connectivity index (χ0) is 24.4. The summed E-state index contributed by atoms with van der Waals surface area (Å²) in [6, 6.07) is 19.6. The second kappa shape index (κ2) is 8.83. The standard InChI is InChI=1S/C25H16N2O7/c28-19-7-1-15(2-8-19)21-11-5-17(13-23(21)26(31)32)25(30)18-6-12-22(24(14-18)27(33)34)16-3-9-20(29)10-4-16/h1-14,28-29H. The largest absolute Gasteiger partial charge is 0.508 e. The number of nitro groups is 2. The Bertz CT molecular complexity index is 1320. The van der Waals surface area contributed by atoms with Gasteiger partial charge in [0.05, 0.1) is 21.0 Å². The number of benzene rings is 4. The van der Waals surface area contributed by atoms with E-state index in [9.17, 15) is 35.2 Å². The predicted octanol–water partition coefficient (Wildman–Crippen LogP) is 5.48. The third-order valence-corrected chi connectivity index (χ3v) is 5.27. The van der Waals surface area contributed by atoms with Crippen LogP contribution < -0.4 is 0 Å². The fraction of sp³-hybridized carbons (Fsp3) is 0. The lowest BCUT2D eigenvalue weighted by Crippen LogP contribution is -2.04. The molecule has 0 saturated heterocycles. The Morgan fingerprint density at radius 2 is 0.941 bits per heavy atom. The summed E-state index contributed by atoms with van der Waals surface area (Å²) in [6.45, 7) is 0. The summed E-state index contributed by atoms with van der Waals surface area (Å²) < 4.78 is 0. The van der Waals surface area contributed by atoms with E-state index in [0.29, 0.717) is 11.1 Å². The van der Waals surface area contributed by atoms with Gasteiger partial charge in [-0.05, 0) is 59.7 Å². The average molecular weight is 456 g/mol. The number of phenolic OH excluding ortho intramolecular Hbond substituents is 2. The monoisotopic (exact) mass is 456 g/mol. The molecule has 0 aliphatic heterocycles. The van der Waals surface area contributed by atoms with Crippen LogP contribution >= 0.6 is 0 Å². The molecule has 0 fully saturated rings. The Morgan fingerprint density at radius 3 is 1.26 bits per heavy atom. The Morgan fingerprint density at radius 1 is 0.588 bits per heavy atom. The van der Waals surface area contributed by atoms with Gasteiger partial charge in [-0.3, -0.25) is 25.0 Å². The molecule has 0 saturated carbocycles. The summed E-state index contributed by atoms with van der Waals surface area (Å²) in [7, 11) is 0. The third kappa shape index (κ3) is 4.30. The van der Waals surface area contributed by atoms with E-state index < -0.39 is 15.6 Å². The van der Waals surface area contributed by atoms with Crippen molar-refractivity contribution in [2.24, 2.45) is 0 Å². The number of rotatable bonds is 6. The third-order valence-electron chi connectivity index (χ3n) is 5.27. The molecule has 9 heteroatoms. The SMILES string of the molecule is O=C(c1ccc(-c2ccc(O)cc2)c([N+](=O)[O-])c1)c1ccc(-c2ccc(O)cc2)c([N+](=O)[O-])c1. The lowest BCUT2D eigenvalue weighted by Gasteiger charge is -2.08. The van der Waals surface area contributed by atoms with E-state index in [1.807, 2.05) is 0 Å². The molecule has 0 amide bonds. The maximum absolute atomic E-state index is 13.1. The van der Waals surface area contributed by atoms with Gasteiger partial charge in [-0.15, -0.1) is 0 Å². The van der Waals surface area contributed by atoms with Crippen molar-refractivity contribution in [1.82, 2.24) is 0 Å². The molecule has 2 N–H and O–H groups in total. The highest BCUT2D eigenvalue weighted by atomic mass is 16.6. The van der Waals surface area contributed by atoms with Crippen molar-refractivity contribution in [2.45, 2.75) is 0 Å². The van der Waals surface area contributed by atoms with Gasteiger partial charge in [0, 0.05) is 23.3 Å². The minimum atomic E-state index is -0.616. The summed E-state index contributed by atoms with van der Waals surface area (Å²) in [5.41, 5.74) is 0.862. The van der Waals surface area contributed by atoms with E-state index >= 15 is 0 Å². The van der Waals surface area contributed by atoms with Gasteiger partial charge in [0.25, 0.3) is 11.4 Å².